The Labute approximate surface area is 174 Å². The number of rotatable bonds is 3. The van der Waals surface area contributed by atoms with Gasteiger partial charge in [-0.05, 0) is 42.5 Å². The van der Waals surface area contributed by atoms with Crippen molar-refractivity contribution in [3.63, 3.8) is 0 Å². The molecule has 2 aliphatic rings. The standard InChI is InChI=1S/C24H21NO3S/c1-15-11-20-19(13-25(14-27-20)16(2)17-7-4-3-5-8-17)24-22(15)23(26)21(28-24)12-18-9-6-10-29-18/h3-12,16H,13-14H2,1-2H3/b21-12-. The monoisotopic (exact) mass is 403 g/mol. The second kappa shape index (κ2) is 7.17. The van der Waals surface area contributed by atoms with Crippen molar-refractivity contribution >= 4 is 23.2 Å². The third-order valence-electron chi connectivity index (χ3n) is 5.60. The topological polar surface area (TPSA) is 38.8 Å². The lowest BCUT2D eigenvalue weighted by molar-refractivity contribution is 0.0605. The highest BCUT2D eigenvalue weighted by Gasteiger charge is 2.36. The van der Waals surface area contributed by atoms with Gasteiger partial charge in [-0.2, -0.15) is 0 Å². The molecule has 5 rings (SSSR count). The van der Waals surface area contributed by atoms with Crippen molar-refractivity contribution in [2.45, 2.75) is 26.4 Å². The maximum atomic E-state index is 13.0. The Balaban J connectivity index is 1.50. The third kappa shape index (κ3) is 3.16. The number of ketones is 1. The zero-order valence-electron chi connectivity index (χ0n) is 16.3. The minimum atomic E-state index is -0.0538. The number of hydrogen-bond acceptors (Lipinski definition) is 5. The fraction of sp³-hybridized carbons (Fsp3) is 0.208. The number of nitrogens with zero attached hydrogens (tertiary/aromatic N) is 1. The lowest BCUT2D eigenvalue weighted by Gasteiger charge is -2.34. The second-order valence-corrected chi connectivity index (χ2v) is 8.42. The average Bonchev–Trinajstić information content (AvgIpc) is 3.37. The molecule has 0 aliphatic carbocycles. The average molecular weight is 404 g/mol. The van der Waals surface area contributed by atoms with Gasteiger partial charge in [-0.15, -0.1) is 11.3 Å². The van der Waals surface area contributed by atoms with Crippen LogP contribution in [0.4, 0.5) is 0 Å². The minimum Gasteiger partial charge on any atom is -0.478 e. The Kier molecular flexibility index (Phi) is 4.49. The van der Waals surface area contributed by atoms with Crippen LogP contribution in [0.25, 0.3) is 6.08 Å². The van der Waals surface area contributed by atoms with E-state index in [4.69, 9.17) is 9.47 Å². The van der Waals surface area contributed by atoms with Crippen molar-refractivity contribution in [1.82, 2.24) is 4.90 Å². The molecular formula is C24H21NO3S. The summed E-state index contributed by atoms with van der Waals surface area (Å²) in [5.74, 6) is 1.79. The Morgan fingerprint density at radius 2 is 2.00 bits per heavy atom. The summed E-state index contributed by atoms with van der Waals surface area (Å²) in [7, 11) is 0. The van der Waals surface area contributed by atoms with E-state index in [2.05, 4.69) is 36.1 Å². The van der Waals surface area contributed by atoms with E-state index < -0.39 is 0 Å². The van der Waals surface area contributed by atoms with Crippen LogP contribution in [-0.4, -0.2) is 17.4 Å². The van der Waals surface area contributed by atoms with Gasteiger partial charge in [0.05, 0.1) is 11.1 Å². The predicted molar refractivity (Wildman–Crippen MR) is 114 cm³/mol. The van der Waals surface area contributed by atoms with Gasteiger partial charge >= 0.3 is 0 Å². The molecule has 1 unspecified atom stereocenters. The summed E-state index contributed by atoms with van der Waals surface area (Å²) in [6.45, 7) is 5.30. The Bertz CT molecular complexity index is 1100. The number of ether oxygens (including phenoxy) is 2. The Morgan fingerprint density at radius 3 is 2.76 bits per heavy atom. The number of allylic oxidation sites excluding steroid dienone is 1. The molecule has 0 radical (unpaired) electrons. The summed E-state index contributed by atoms with van der Waals surface area (Å²) in [5, 5.41) is 1.99. The summed E-state index contributed by atoms with van der Waals surface area (Å²) < 4.78 is 12.2. The maximum Gasteiger partial charge on any atom is 0.232 e. The van der Waals surface area contributed by atoms with Gasteiger partial charge in [-0.3, -0.25) is 9.69 Å². The molecular weight excluding hydrogens is 382 g/mol. The van der Waals surface area contributed by atoms with Crippen molar-refractivity contribution < 1.29 is 14.3 Å². The summed E-state index contributed by atoms with van der Waals surface area (Å²) in [6, 6.07) is 16.5. The smallest absolute Gasteiger partial charge is 0.232 e. The van der Waals surface area contributed by atoms with Gasteiger partial charge in [0.1, 0.15) is 18.2 Å². The number of aryl methyl sites for hydroxylation is 1. The highest BCUT2D eigenvalue weighted by atomic mass is 32.1. The zero-order valence-corrected chi connectivity index (χ0v) is 17.2. The lowest BCUT2D eigenvalue weighted by atomic mass is 9.98. The summed E-state index contributed by atoms with van der Waals surface area (Å²) in [5.41, 5.74) is 3.73. The number of hydrogen-bond donors (Lipinski definition) is 0. The molecule has 1 atom stereocenters. The number of fused-ring (bicyclic) bond motifs is 3. The first-order valence-electron chi connectivity index (χ1n) is 9.68. The van der Waals surface area contributed by atoms with E-state index in [9.17, 15) is 4.79 Å². The molecule has 1 aromatic heterocycles. The number of thiophene rings is 1. The number of Topliss-reactive ketones (excluding diaryl/α,β-unsaturated/α-hetero) is 1. The quantitative estimate of drug-likeness (QED) is 0.535. The van der Waals surface area contributed by atoms with E-state index >= 15 is 0 Å². The van der Waals surface area contributed by atoms with Crippen molar-refractivity contribution in [2.24, 2.45) is 0 Å². The second-order valence-electron chi connectivity index (χ2n) is 7.44. The molecule has 0 amide bonds. The van der Waals surface area contributed by atoms with Gasteiger partial charge in [-0.25, -0.2) is 0 Å². The van der Waals surface area contributed by atoms with Crippen molar-refractivity contribution in [3.8, 4) is 11.5 Å². The summed E-state index contributed by atoms with van der Waals surface area (Å²) in [4.78, 5) is 16.3. The van der Waals surface area contributed by atoms with E-state index in [1.807, 2.05) is 42.6 Å². The minimum absolute atomic E-state index is 0.0538. The molecule has 0 saturated carbocycles. The highest BCUT2D eigenvalue weighted by Crippen LogP contribution is 2.45. The highest BCUT2D eigenvalue weighted by molar-refractivity contribution is 7.10. The van der Waals surface area contributed by atoms with E-state index in [1.54, 1.807) is 11.3 Å². The van der Waals surface area contributed by atoms with Crippen molar-refractivity contribution in [1.29, 1.82) is 0 Å². The van der Waals surface area contributed by atoms with E-state index in [-0.39, 0.29) is 11.8 Å². The molecule has 4 nitrogen and oxygen atoms in total. The maximum absolute atomic E-state index is 13.0. The predicted octanol–water partition coefficient (Wildman–Crippen LogP) is 5.59. The third-order valence-corrected chi connectivity index (χ3v) is 6.42. The molecule has 3 heterocycles. The van der Waals surface area contributed by atoms with Crippen molar-refractivity contribution in [3.05, 3.63) is 86.8 Å². The fourth-order valence-electron chi connectivity index (χ4n) is 3.94. The molecule has 0 fully saturated rings. The van der Waals surface area contributed by atoms with Crippen LogP contribution in [0.15, 0.2) is 59.7 Å². The van der Waals surface area contributed by atoms with E-state index in [0.717, 1.165) is 21.8 Å². The first-order chi connectivity index (χ1) is 14.1. The number of carbonyl (C=O) groups is 1. The van der Waals surface area contributed by atoms with Crippen LogP contribution < -0.4 is 9.47 Å². The van der Waals surface area contributed by atoms with Gasteiger partial charge in [0.2, 0.25) is 5.78 Å². The van der Waals surface area contributed by atoms with Gasteiger partial charge in [0.25, 0.3) is 0 Å². The molecule has 29 heavy (non-hydrogen) atoms. The zero-order chi connectivity index (χ0) is 20.0. The van der Waals surface area contributed by atoms with Crippen LogP contribution in [-0.2, 0) is 6.54 Å². The molecule has 0 bridgehead atoms. The molecule has 146 valence electrons. The molecule has 5 heteroatoms. The van der Waals surface area contributed by atoms with Crippen LogP contribution in [0.1, 0.15) is 44.9 Å². The normalized spacial score (nSPS) is 18.1. The van der Waals surface area contributed by atoms with Gasteiger partial charge in [0, 0.05) is 23.5 Å². The van der Waals surface area contributed by atoms with Crippen LogP contribution in [0, 0.1) is 6.92 Å². The molecule has 0 spiro atoms. The van der Waals surface area contributed by atoms with Crippen LogP contribution in [0.2, 0.25) is 0 Å². The molecule has 0 N–H and O–H groups in total. The lowest BCUT2D eigenvalue weighted by Crippen LogP contribution is -2.34. The van der Waals surface area contributed by atoms with Crippen LogP contribution in [0.5, 0.6) is 11.5 Å². The van der Waals surface area contributed by atoms with Gasteiger partial charge < -0.3 is 9.47 Å². The Morgan fingerprint density at radius 1 is 1.17 bits per heavy atom. The fourth-order valence-corrected chi connectivity index (χ4v) is 4.59. The molecule has 2 aromatic carbocycles. The first-order valence-corrected chi connectivity index (χ1v) is 10.6. The molecule has 2 aliphatic heterocycles. The number of benzene rings is 2. The Hall–Kier alpha value is -2.89. The molecule has 0 saturated heterocycles. The molecule has 3 aromatic rings. The van der Waals surface area contributed by atoms with Crippen LogP contribution >= 0.6 is 11.3 Å². The van der Waals surface area contributed by atoms with Crippen LogP contribution in [0.3, 0.4) is 0 Å². The summed E-state index contributed by atoms with van der Waals surface area (Å²) >= 11 is 1.58. The van der Waals surface area contributed by atoms with Gasteiger partial charge in [0.15, 0.2) is 5.76 Å². The largest absolute Gasteiger partial charge is 0.478 e. The summed E-state index contributed by atoms with van der Waals surface area (Å²) in [6.07, 6.45) is 1.83. The number of carbonyl (C=O) groups excluding carboxylic acids is 1. The van der Waals surface area contributed by atoms with E-state index in [1.165, 1.54) is 5.56 Å². The van der Waals surface area contributed by atoms with Crippen molar-refractivity contribution in [2.75, 3.05) is 6.73 Å². The SMILES string of the molecule is Cc1cc2c(c3c1C(=O)/C(=C/c1cccs1)O3)CN(C(C)c1ccccc1)CO2. The van der Waals surface area contributed by atoms with Gasteiger partial charge in [-0.1, -0.05) is 36.4 Å². The first kappa shape index (κ1) is 18.2. The van der Waals surface area contributed by atoms with E-state index in [0.29, 0.717) is 30.3 Å².